The van der Waals surface area contributed by atoms with Crippen molar-refractivity contribution in [2.45, 2.75) is 43.6 Å². The highest BCUT2D eigenvalue weighted by Crippen LogP contribution is 2.44. The molecule has 0 heterocycles. The number of ether oxygens (including phenoxy) is 1. The molecule has 4 rings (SSSR count). The van der Waals surface area contributed by atoms with Crippen LogP contribution in [0.1, 0.15) is 42.7 Å². The maximum atomic E-state index is 13.2. The molecule has 0 bridgehead atoms. The topological polar surface area (TPSA) is 105 Å². The van der Waals surface area contributed by atoms with E-state index in [1.807, 2.05) is 53.8 Å². The number of amides is 2. The molecule has 0 aliphatic heterocycles. The fourth-order valence-electron chi connectivity index (χ4n) is 4.78. The van der Waals surface area contributed by atoms with Gasteiger partial charge in [0.15, 0.2) is 0 Å². The standard InChI is InChI=1S/C25H26F2N2O5/c26-25(27,23(31)32)14-28-22(30)15-6-5-7-16(12-15)29-24(33)34-13-21-19-10-3-1-8-17(19)18-9-2-4-11-20(18)21/h1-4,8-11,15-16,21H,5-7,12-14H2,(H,28,30)(H,29,33)(H,31,32). The number of carboxylic acid groups (broad SMARTS) is 1. The summed E-state index contributed by atoms with van der Waals surface area (Å²) < 4.78 is 32.0. The lowest BCUT2D eigenvalue weighted by Crippen LogP contribution is -2.46. The summed E-state index contributed by atoms with van der Waals surface area (Å²) in [5.74, 6) is -7.61. The number of carboxylic acids is 1. The number of nitrogens with one attached hydrogen (secondary N) is 2. The molecule has 2 aliphatic rings. The molecule has 2 atom stereocenters. The minimum Gasteiger partial charge on any atom is -0.477 e. The molecule has 0 radical (unpaired) electrons. The number of hydrogen-bond acceptors (Lipinski definition) is 4. The summed E-state index contributed by atoms with van der Waals surface area (Å²) in [6, 6.07) is 15.7. The smallest absolute Gasteiger partial charge is 0.407 e. The maximum absolute atomic E-state index is 13.2. The summed E-state index contributed by atoms with van der Waals surface area (Å²) in [4.78, 5) is 35.3. The number of hydrogen-bond donors (Lipinski definition) is 3. The molecule has 2 aromatic rings. The Kier molecular flexibility index (Phi) is 6.81. The monoisotopic (exact) mass is 472 g/mol. The quantitative estimate of drug-likeness (QED) is 0.567. The third kappa shape index (κ3) is 5.03. The van der Waals surface area contributed by atoms with Crippen molar-refractivity contribution in [3.05, 3.63) is 59.7 Å². The summed E-state index contributed by atoms with van der Waals surface area (Å²) in [7, 11) is 0. The minimum atomic E-state index is -4.02. The summed E-state index contributed by atoms with van der Waals surface area (Å²) in [5, 5.41) is 13.3. The second kappa shape index (κ2) is 9.79. The molecule has 9 heteroatoms. The first-order valence-electron chi connectivity index (χ1n) is 11.3. The fourth-order valence-corrected chi connectivity index (χ4v) is 4.78. The van der Waals surface area contributed by atoms with Crippen molar-refractivity contribution >= 4 is 18.0 Å². The van der Waals surface area contributed by atoms with Crippen molar-refractivity contribution < 1.29 is 33.0 Å². The second-order valence-electron chi connectivity index (χ2n) is 8.76. The molecule has 7 nitrogen and oxygen atoms in total. The summed E-state index contributed by atoms with van der Waals surface area (Å²) in [5.41, 5.74) is 4.46. The van der Waals surface area contributed by atoms with Gasteiger partial charge in [-0.15, -0.1) is 0 Å². The van der Waals surface area contributed by atoms with E-state index in [1.54, 1.807) is 0 Å². The van der Waals surface area contributed by atoms with E-state index < -0.39 is 36.4 Å². The Morgan fingerprint density at radius 2 is 1.62 bits per heavy atom. The Bertz CT molecular complexity index is 1040. The summed E-state index contributed by atoms with van der Waals surface area (Å²) in [6.07, 6.45) is 1.42. The van der Waals surface area contributed by atoms with Gasteiger partial charge in [-0.25, -0.2) is 9.59 Å². The first kappa shape index (κ1) is 23.7. The Labute approximate surface area is 195 Å². The molecule has 34 heavy (non-hydrogen) atoms. The number of benzene rings is 2. The highest BCUT2D eigenvalue weighted by molar-refractivity contribution is 5.81. The van der Waals surface area contributed by atoms with Gasteiger partial charge in [0.1, 0.15) is 6.61 Å². The minimum absolute atomic E-state index is 0.0704. The molecule has 0 spiro atoms. The first-order chi connectivity index (χ1) is 16.3. The van der Waals surface area contributed by atoms with Crippen molar-refractivity contribution in [1.29, 1.82) is 0 Å². The van der Waals surface area contributed by atoms with Crippen LogP contribution >= 0.6 is 0 Å². The zero-order chi connectivity index (χ0) is 24.3. The van der Waals surface area contributed by atoms with Crippen LogP contribution in [0.5, 0.6) is 0 Å². The molecule has 2 unspecified atom stereocenters. The zero-order valence-electron chi connectivity index (χ0n) is 18.4. The zero-order valence-corrected chi connectivity index (χ0v) is 18.4. The number of aliphatic carboxylic acids is 1. The molecule has 0 aromatic heterocycles. The number of fused-ring (bicyclic) bond motifs is 3. The Morgan fingerprint density at radius 1 is 1.00 bits per heavy atom. The normalized spacial score (nSPS) is 19.6. The van der Waals surface area contributed by atoms with Crippen LogP contribution in [0.2, 0.25) is 0 Å². The molecule has 2 aliphatic carbocycles. The van der Waals surface area contributed by atoms with Gasteiger partial charge in [-0.2, -0.15) is 8.78 Å². The molecule has 2 amide bonds. The Hall–Kier alpha value is -3.49. The van der Waals surface area contributed by atoms with Crippen LogP contribution in [0.15, 0.2) is 48.5 Å². The SMILES string of the molecule is O=C(NC1CCCC(C(=O)NCC(F)(F)C(=O)O)C1)OCC1c2ccccc2-c2ccccc21. The van der Waals surface area contributed by atoms with Gasteiger partial charge in [0, 0.05) is 17.9 Å². The fraction of sp³-hybridized carbons (Fsp3) is 0.400. The predicted octanol–water partition coefficient (Wildman–Crippen LogP) is 3.92. The van der Waals surface area contributed by atoms with E-state index in [1.165, 1.54) is 0 Å². The average Bonchev–Trinajstić information content (AvgIpc) is 3.15. The Morgan fingerprint density at radius 3 is 2.24 bits per heavy atom. The van der Waals surface area contributed by atoms with E-state index in [0.29, 0.717) is 19.3 Å². The number of alkyl halides is 2. The van der Waals surface area contributed by atoms with E-state index in [4.69, 9.17) is 9.84 Å². The van der Waals surface area contributed by atoms with Gasteiger partial charge in [0.2, 0.25) is 5.91 Å². The lowest BCUT2D eigenvalue weighted by Gasteiger charge is -2.29. The predicted molar refractivity (Wildman–Crippen MR) is 120 cm³/mol. The molecule has 1 saturated carbocycles. The number of alkyl carbamates (subject to hydrolysis) is 1. The van der Waals surface area contributed by atoms with Crippen molar-refractivity contribution in [3.8, 4) is 11.1 Å². The maximum Gasteiger partial charge on any atom is 0.407 e. The van der Waals surface area contributed by atoms with E-state index >= 15 is 0 Å². The molecule has 1 fully saturated rings. The van der Waals surface area contributed by atoms with Crippen LogP contribution in [0.25, 0.3) is 11.1 Å². The van der Waals surface area contributed by atoms with Gasteiger partial charge in [0.05, 0.1) is 6.54 Å². The highest BCUT2D eigenvalue weighted by Gasteiger charge is 2.40. The van der Waals surface area contributed by atoms with Gasteiger partial charge < -0.3 is 20.5 Å². The van der Waals surface area contributed by atoms with Crippen LogP contribution in [0.4, 0.5) is 13.6 Å². The molecular weight excluding hydrogens is 446 g/mol. The van der Waals surface area contributed by atoms with Crippen LogP contribution in [-0.2, 0) is 14.3 Å². The number of halogens is 2. The second-order valence-corrected chi connectivity index (χ2v) is 8.76. The van der Waals surface area contributed by atoms with Crippen LogP contribution in [-0.4, -0.2) is 48.2 Å². The number of carbonyl (C=O) groups excluding carboxylic acids is 2. The van der Waals surface area contributed by atoms with E-state index in [-0.39, 0.29) is 25.0 Å². The Balaban J connectivity index is 1.30. The van der Waals surface area contributed by atoms with Gasteiger partial charge in [0.25, 0.3) is 0 Å². The molecule has 0 saturated heterocycles. The third-order valence-electron chi connectivity index (χ3n) is 6.51. The van der Waals surface area contributed by atoms with Crippen molar-refractivity contribution in [2.24, 2.45) is 5.92 Å². The molecule has 3 N–H and O–H groups in total. The van der Waals surface area contributed by atoms with Crippen LogP contribution in [0.3, 0.4) is 0 Å². The first-order valence-corrected chi connectivity index (χ1v) is 11.3. The summed E-state index contributed by atoms with van der Waals surface area (Å²) in [6.45, 7) is -1.09. The number of carbonyl (C=O) groups is 3. The van der Waals surface area contributed by atoms with E-state index in [0.717, 1.165) is 22.3 Å². The summed E-state index contributed by atoms with van der Waals surface area (Å²) >= 11 is 0. The van der Waals surface area contributed by atoms with E-state index in [9.17, 15) is 23.2 Å². The van der Waals surface area contributed by atoms with Crippen molar-refractivity contribution in [3.63, 3.8) is 0 Å². The lowest BCUT2D eigenvalue weighted by molar-refractivity contribution is -0.164. The lowest BCUT2D eigenvalue weighted by atomic mass is 9.85. The average molecular weight is 472 g/mol. The molecule has 2 aromatic carbocycles. The largest absolute Gasteiger partial charge is 0.477 e. The highest BCUT2D eigenvalue weighted by atomic mass is 19.3. The van der Waals surface area contributed by atoms with Crippen molar-refractivity contribution in [2.75, 3.05) is 13.2 Å². The molecular formula is C25H26F2N2O5. The van der Waals surface area contributed by atoms with Gasteiger partial charge in [-0.3, -0.25) is 4.79 Å². The van der Waals surface area contributed by atoms with Crippen molar-refractivity contribution in [1.82, 2.24) is 10.6 Å². The molecule has 180 valence electrons. The van der Waals surface area contributed by atoms with E-state index in [2.05, 4.69) is 5.32 Å². The van der Waals surface area contributed by atoms with Crippen LogP contribution < -0.4 is 10.6 Å². The van der Waals surface area contributed by atoms with Gasteiger partial charge in [-0.05, 0) is 41.5 Å². The van der Waals surface area contributed by atoms with Gasteiger partial charge in [-0.1, -0.05) is 55.0 Å². The van der Waals surface area contributed by atoms with Gasteiger partial charge >= 0.3 is 18.0 Å². The third-order valence-corrected chi connectivity index (χ3v) is 6.51. The van der Waals surface area contributed by atoms with Crippen LogP contribution in [0, 0.1) is 5.92 Å². The number of rotatable bonds is 7.